The number of benzene rings is 1. The minimum Gasteiger partial charge on any atom is -0.493 e. The molecule has 0 aliphatic carbocycles. The lowest BCUT2D eigenvalue weighted by atomic mass is 10.0. The van der Waals surface area contributed by atoms with Crippen LogP contribution in [-0.2, 0) is 19.5 Å². The second-order valence-electron chi connectivity index (χ2n) is 6.96. The Balaban J connectivity index is 1.51. The van der Waals surface area contributed by atoms with Gasteiger partial charge in [0, 0.05) is 24.6 Å². The maximum absolute atomic E-state index is 5.93. The molecular formula is C19H26N4O. The lowest BCUT2D eigenvalue weighted by molar-refractivity contribution is 0.315. The number of fused-ring (bicyclic) bond motifs is 2. The number of nitrogens with one attached hydrogen (secondary N) is 1. The molecule has 1 N–H and O–H groups in total. The zero-order valence-electron chi connectivity index (χ0n) is 14.4. The van der Waals surface area contributed by atoms with E-state index in [0.29, 0.717) is 6.04 Å². The van der Waals surface area contributed by atoms with E-state index in [4.69, 9.17) is 4.74 Å². The van der Waals surface area contributed by atoms with Crippen LogP contribution in [0.5, 0.6) is 5.75 Å². The molecule has 0 saturated heterocycles. The lowest BCUT2D eigenvalue weighted by Crippen LogP contribution is -2.23. The van der Waals surface area contributed by atoms with Gasteiger partial charge in [0.25, 0.3) is 0 Å². The van der Waals surface area contributed by atoms with Gasteiger partial charge in [-0.2, -0.15) is 0 Å². The Morgan fingerprint density at radius 3 is 3.12 bits per heavy atom. The molecule has 128 valence electrons. The number of hydrogen-bond acceptors (Lipinski definition) is 4. The van der Waals surface area contributed by atoms with Gasteiger partial charge >= 0.3 is 0 Å². The second kappa shape index (κ2) is 6.93. The van der Waals surface area contributed by atoms with Gasteiger partial charge in [0.15, 0.2) is 0 Å². The molecule has 0 amide bonds. The van der Waals surface area contributed by atoms with Crippen LogP contribution in [0.3, 0.4) is 0 Å². The number of ether oxygens (including phenoxy) is 1. The van der Waals surface area contributed by atoms with Crippen molar-refractivity contribution in [3.63, 3.8) is 0 Å². The average molecular weight is 326 g/mol. The van der Waals surface area contributed by atoms with E-state index >= 15 is 0 Å². The highest BCUT2D eigenvalue weighted by Crippen LogP contribution is 2.32. The molecule has 4 rings (SSSR count). The van der Waals surface area contributed by atoms with Gasteiger partial charge in [0.05, 0.1) is 13.2 Å². The highest BCUT2D eigenvalue weighted by atomic mass is 16.5. The van der Waals surface area contributed by atoms with Gasteiger partial charge in [-0.1, -0.05) is 18.6 Å². The van der Waals surface area contributed by atoms with Crippen LogP contribution in [-0.4, -0.2) is 21.4 Å². The average Bonchev–Trinajstić information content (AvgIpc) is 2.76. The predicted molar refractivity (Wildman–Crippen MR) is 93.1 cm³/mol. The number of hydrogen-bond donors (Lipinski definition) is 1. The molecule has 0 fully saturated rings. The molecule has 0 saturated carbocycles. The standard InChI is InChI=1S/C19H26N4O/c1-14-8-9-15-16(6-5-11-24-17(15)12-14)20-13-19-22-21-18-7-3-2-4-10-23(18)19/h8-9,12,16,20H,2-7,10-11,13H2,1H3. The Kier molecular flexibility index (Phi) is 4.52. The van der Waals surface area contributed by atoms with Crippen LogP contribution in [0.2, 0.25) is 0 Å². The Hall–Kier alpha value is -1.88. The van der Waals surface area contributed by atoms with Crippen LogP contribution < -0.4 is 10.1 Å². The molecule has 2 aliphatic heterocycles. The Labute approximate surface area is 143 Å². The minimum atomic E-state index is 0.321. The summed E-state index contributed by atoms with van der Waals surface area (Å²) in [6, 6.07) is 6.85. The Morgan fingerprint density at radius 2 is 2.17 bits per heavy atom. The highest BCUT2D eigenvalue weighted by molar-refractivity contribution is 5.39. The van der Waals surface area contributed by atoms with Gasteiger partial charge in [-0.05, 0) is 44.2 Å². The summed E-state index contributed by atoms with van der Waals surface area (Å²) in [6.45, 7) is 4.74. The smallest absolute Gasteiger partial charge is 0.147 e. The first-order chi connectivity index (χ1) is 11.8. The number of rotatable bonds is 3. The van der Waals surface area contributed by atoms with Crippen molar-refractivity contribution in [3.05, 3.63) is 41.0 Å². The van der Waals surface area contributed by atoms with E-state index in [1.54, 1.807) is 0 Å². The zero-order chi connectivity index (χ0) is 16.4. The third-order valence-corrected chi connectivity index (χ3v) is 5.13. The van der Waals surface area contributed by atoms with Crippen molar-refractivity contribution in [2.45, 2.75) is 64.6 Å². The van der Waals surface area contributed by atoms with Crippen molar-refractivity contribution in [3.8, 4) is 5.75 Å². The minimum absolute atomic E-state index is 0.321. The third-order valence-electron chi connectivity index (χ3n) is 5.13. The van der Waals surface area contributed by atoms with Crippen molar-refractivity contribution in [2.24, 2.45) is 0 Å². The number of nitrogens with zero attached hydrogens (tertiary/aromatic N) is 3. The largest absolute Gasteiger partial charge is 0.493 e. The zero-order valence-corrected chi connectivity index (χ0v) is 14.4. The van der Waals surface area contributed by atoms with Gasteiger partial charge < -0.3 is 14.6 Å². The molecule has 0 spiro atoms. The fourth-order valence-electron chi connectivity index (χ4n) is 3.78. The third kappa shape index (κ3) is 3.18. The predicted octanol–water partition coefficient (Wildman–Crippen LogP) is 3.32. The molecule has 1 atom stereocenters. The van der Waals surface area contributed by atoms with Gasteiger partial charge in [0.2, 0.25) is 0 Å². The molecule has 1 aromatic heterocycles. The van der Waals surface area contributed by atoms with E-state index in [1.165, 1.54) is 30.4 Å². The van der Waals surface area contributed by atoms with Crippen LogP contribution in [0.4, 0.5) is 0 Å². The molecule has 2 aromatic rings. The Bertz CT molecular complexity index is 709. The quantitative estimate of drug-likeness (QED) is 0.940. The van der Waals surface area contributed by atoms with Gasteiger partial charge in [0.1, 0.15) is 17.4 Å². The van der Waals surface area contributed by atoms with E-state index in [-0.39, 0.29) is 0 Å². The maximum Gasteiger partial charge on any atom is 0.147 e. The summed E-state index contributed by atoms with van der Waals surface area (Å²) in [5.41, 5.74) is 2.52. The van der Waals surface area contributed by atoms with Crippen molar-refractivity contribution in [1.29, 1.82) is 0 Å². The SMILES string of the molecule is Cc1ccc2c(c1)OCCCC2NCc1nnc2n1CCCCC2. The van der Waals surface area contributed by atoms with E-state index in [0.717, 1.165) is 56.4 Å². The molecule has 5 heteroatoms. The Morgan fingerprint density at radius 1 is 1.21 bits per heavy atom. The molecule has 5 nitrogen and oxygen atoms in total. The van der Waals surface area contributed by atoms with Crippen LogP contribution in [0.1, 0.15) is 60.9 Å². The van der Waals surface area contributed by atoms with Crippen LogP contribution in [0.15, 0.2) is 18.2 Å². The molecule has 0 radical (unpaired) electrons. The van der Waals surface area contributed by atoms with Crippen molar-refractivity contribution in [2.75, 3.05) is 6.61 Å². The molecule has 24 heavy (non-hydrogen) atoms. The fraction of sp³-hybridized carbons (Fsp3) is 0.579. The van der Waals surface area contributed by atoms with Gasteiger partial charge in [-0.25, -0.2) is 0 Å². The lowest BCUT2D eigenvalue weighted by Gasteiger charge is -2.19. The highest BCUT2D eigenvalue weighted by Gasteiger charge is 2.21. The van der Waals surface area contributed by atoms with Crippen molar-refractivity contribution in [1.82, 2.24) is 20.1 Å². The molecule has 0 bridgehead atoms. The second-order valence-corrected chi connectivity index (χ2v) is 6.96. The van der Waals surface area contributed by atoms with E-state index in [1.807, 2.05) is 0 Å². The van der Waals surface area contributed by atoms with Crippen molar-refractivity contribution >= 4 is 0 Å². The normalized spacial score (nSPS) is 20.5. The van der Waals surface area contributed by atoms with Crippen LogP contribution >= 0.6 is 0 Å². The van der Waals surface area contributed by atoms with Gasteiger partial charge in [-0.3, -0.25) is 0 Å². The first-order valence-electron chi connectivity index (χ1n) is 9.19. The molecule has 2 aliphatic rings. The summed E-state index contributed by atoms with van der Waals surface area (Å²) in [5, 5.41) is 12.5. The monoisotopic (exact) mass is 326 g/mol. The maximum atomic E-state index is 5.93. The summed E-state index contributed by atoms with van der Waals surface area (Å²) in [7, 11) is 0. The van der Waals surface area contributed by atoms with Crippen LogP contribution in [0.25, 0.3) is 0 Å². The first-order valence-corrected chi connectivity index (χ1v) is 9.19. The van der Waals surface area contributed by atoms with E-state index in [9.17, 15) is 0 Å². The number of aromatic nitrogens is 3. The van der Waals surface area contributed by atoms with E-state index in [2.05, 4.69) is 45.2 Å². The molecular weight excluding hydrogens is 300 g/mol. The van der Waals surface area contributed by atoms with Gasteiger partial charge in [-0.15, -0.1) is 10.2 Å². The summed E-state index contributed by atoms with van der Waals surface area (Å²) >= 11 is 0. The molecule has 3 heterocycles. The van der Waals surface area contributed by atoms with Crippen molar-refractivity contribution < 1.29 is 4.74 Å². The number of aryl methyl sites for hydroxylation is 2. The summed E-state index contributed by atoms with van der Waals surface area (Å²) in [6.07, 6.45) is 6.99. The fourth-order valence-corrected chi connectivity index (χ4v) is 3.78. The van der Waals surface area contributed by atoms with Crippen LogP contribution in [0, 0.1) is 6.92 Å². The molecule has 1 aromatic carbocycles. The summed E-state index contributed by atoms with van der Waals surface area (Å²) in [4.78, 5) is 0. The van der Waals surface area contributed by atoms with E-state index < -0.39 is 0 Å². The molecule has 1 unspecified atom stereocenters. The first kappa shape index (κ1) is 15.6. The summed E-state index contributed by atoms with van der Waals surface area (Å²) in [5.74, 6) is 3.26. The summed E-state index contributed by atoms with van der Waals surface area (Å²) < 4.78 is 8.25. The topological polar surface area (TPSA) is 52.0 Å².